The van der Waals surface area contributed by atoms with Crippen molar-refractivity contribution in [1.29, 1.82) is 0 Å². The van der Waals surface area contributed by atoms with Crippen LogP contribution in [0.3, 0.4) is 0 Å². The molecule has 25 heavy (non-hydrogen) atoms. The summed E-state index contributed by atoms with van der Waals surface area (Å²) < 4.78 is 25.2. The molecule has 0 bridgehead atoms. The van der Waals surface area contributed by atoms with E-state index < -0.39 is 0 Å². The third kappa shape index (κ3) is 4.27. The molecular formula is C19H23FN2O3. The number of nitrogens with zero attached hydrogens (tertiary/aromatic N) is 1. The predicted molar refractivity (Wildman–Crippen MR) is 92.7 cm³/mol. The predicted octanol–water partition coefficient (Wildman–Crippen LogP) is 3.06. The molecule has 2 heterocycles. The van der Waals surface area contributed by atoms with Crippen LogP contribution < -0.4 is 5.73 Å². The Morgan fingerprint density at radius 1 is 1.24 bits per heavy atom. The Bertz CT molecular complexity index is 708. The Hall–Kier alpha value is -2.18. The molecule has 2 N–H and O–H groups in total. The van der Waals surface area contributed by atoms with Crippen molar-refractivity contribution in [3.05, 3.63) is 48.0 Å². The number of carbonyl (C=O) groups excluding carboxylic acids is 1. The van der Waals surface area contributed by atoms with Gasteiger partial charge >= 0.3 is 0 Å². The zero-order valence-corrected chi connectivity index (χ0v) is 14.1. The molecule has 1 fully saturated rings. The second kappa shape index (κ2) is 8.27. The first kappa shape index (κ1) is 17.6. The molecule has 0 unspecified atom stereocenters. The van der Waals surface area contributed by atoms with Gasteiger partial charge in [0.2, 0.25) is 0 Å². The lowest BCUT2D eigenvalue weighted by Gasteiger charge is -2.31. The summed E-state index contributed by atoms with van der Waals surface area (Å²) in [5.41, 5.74) is 5.81. The molecule has 1 aliphatic rings. The Kier molecular flexibility index (Phi) is 5.83. The first-order chi connectivity index (χ1) is 12.2. The highest BCUT2D eigenvalue weighted by atomic mass is 19.1. The zero-order chi connectivity index (χ0) is 17.6. The van der Waals surface area contributed by atoms with Crippen LogP contribution in [0.2, 0.25) is 0 Å². The number of hydrogen-bond acceptors (Lipinski definition) is 4. The van der Waals surface area contributed by atoms with E-state index in [1.807, 2.05) is 0 Å². The second-order valence-corrected chi connectivity index (χ2v) is 6.15. The molecule has 0 aliphatic carbocycles. The molecule has 1 aliphatic heterocycles. The Morgan fingerprint density at radius 2 is 2.00 bits per heavy atom. The van der Waals surface area contributed by atoms with Crippen LogP contribution >= 0.6 is 0 Å². The maximum absolute atomic E-state index is 13.8. The van der Waals surface area contributed by atoms with E-state index in [0.717, 1.165) is 19.3 Å². The maximum Gasteiger partial charge on any atom is 0.289 e. The minimum Gasteiger partial charge on any atom is -0.451 e. The molecule has 2 aromatic rings. The fourth-order valence-corrected chi connectivity index (χ4v) is 2.97. The number of piperidine rings is 1. The molecule has 3 rings (SSSR count). The molecule has 134 valence electrons. The average Bonchev–Trinajstić information content (AvgIpc) is 3.12. The van der Waals surface area contributed by atoms with Crippen molar-refractivity contribution in [3.63, 3.8) is 0 Å². The first-order valence-corrected chi connectivity index (χ1v) is 8.64. The molecule has 0 radical (unpaired) electrons. The highest BCUT2D eigenvalue weighted by Crippen LogP contribution is 2.26. The number of nitrogens with two attached hydrogens (primary N) is 1. The minimum absolute atomic E-state index is 0.164. The molecule has 0 saturated carbocycles. The van der Waals surface area contributed by atoms with Crippen LogP contribution in [0.1, 0.15) is 29.8 Å². The molecule has 1 aromatic heterocycles. The monoisotopic (exact) mass is 346 g/mol. The molecule has 0 spiro atoms. The minimum atomic E-state index is -0.369. The summed E-state index contributed by atoms with van der Waals surface area (Å²) >= 11 is 0. The molecular weight excluding hydrogens is 323 g/mol. The van der Waals surface area contributed by atoms with Crippen molar-refractivity contribution in [2.75, 3.05) is 26.2 Å². The second-order valence-electron chi connectivity index (χ2n) is 6.15. The summed E-state index contributed by atoms with van der Waals surface area (Å²) in [5, 5.41) is 0. The van der Waals surface area contributed by atoms with Gasteiger partial charge in [-0.15, -0.1) is 0 Å². The van der Waals surface area contributed by atoms with Gasteiger partial charge in [0.1, 0.15) is 11.6 Å². The summed E-state index contributed by atoms with van der Waals surface area (Å²) in [7, 11) is 0. The third-order valence-electron chi connectivity index (χ3n) is 4.39. The first-order valence-electron chi connectivity index (χ1n) is 8.64. The Morgan fingerprint density at radius 3 is 2.72 bits per heavy atom. The quantitative estimate of drug-likeness (QED) is 0.816. The maximum atomic E-state index is 13.8. The van der Waals surface area contributed by atoms with Crippen LogP contribution in [0, 0.1) is 5.82 Å². The summed E-state index contributed by atoms with van der Waals surface area (Å²) in [6.45, 7) is 2.54. The molecule has 0 atom stereocenters. The van der Waals surface area contributed by atoms with Gasteiger partial charge in [0, 0.05) is 19.7 Å². The van der Waals surface area contributed by atoms with E-state index in [1.165, 1.54) is 6.07 Å². The highest BCUT2D eigenvalue weighted by molar-refractivity contribution is 5.92. The number of hydrogen-bond donors (Lipinski definition) is 1. The topological polar surface area (TPSA) is 68.7 Å². The number of ether oxygens (including phenoxy) is 1. The molecule has 1 saturated heterocycles. The van der Waals surface area contributed by atoms with Crippen LogP contribution in [0.25, 0.3) is 11.3 Å². The van der Waals surface area contributed by atoms with Crippen LogP contribution in [-0.2, 0) is 4.74 Å². The number of rotatable bonds is 6. The van der Waals surface area contributed by atoms with E-state index in [-0.39, 0.29) is 23.6 Å². The number of amides is 1. The van der Waals surface area contributed by atoms with E-state index in [9.17, 15) is 9.18 Å². The van der Waals surface area contributed by atoms with Crippen molar-refractivity contribution in [2.45, 2.75) is 25.4 Å². The molecule has 6 heteroatoms. The van der Waals surface area contributed by atoms with Gasteiger partial charge in [-0.1, -0.05) is 12.1 Å². The number of carbonyl (C=O) groups is 1. The van der Waals surface area contributed by atoms with E-state index in [2.05, 4.69) is 0 Å². The van der Waals surface area contributed by atoms with Gasteiger partial charge in [0.05, 0.1) is 11.7 Å². The van der Waals surface area contributed by atoms with Crippen LogP contribution in [0.15, 0.2) is 40.8 Å². The number of halogens is 1. The van der Waals surface area contributed by atoms with Gasteiger partial charge in [0.25, 0.3) is 5.91 Å². The number of benzene rings is 1. The average molecular weight is 346 g/mol. The highest BCUT2D eigenvalue weighted by Gasteiger charge is 2.26. The lowest BCUT2D eigenvalue weighted by atomic mass is 10.1. The number of furan rings is 1. The van der Waals surface area contributed by atoms with Crippen molar-refractivity contribution in [3.8, 4) is 11.3 Å². The third-order valence-corrected chi connectivity index (χ3v) is 4.39. The summed E-state index contributed by atoms with van der Waals surface area (Å²) in [5.74, 6) is 0.0662. The van der Waals surface area contributed by atoms with Gasteiger partial charge in [-0.25, -0.2) is 4.39 Å². The fraction of sp³-hybridized carbons (Fsp3) is 0.421. The van der Waals surface area contributed by atoms with Crippen molar-refractivity contribution in [1.82, 2.24) is 4.90 Å². The van der Waals surface area contributed by atoms with Crippen LogP contribution in [0.5, 0.6) is 0 Å². The van der Waals surface area contributed by atoms with Crippen molar-refractivity contribution < 1.29 is 18.3 Å². The van der Waals surface area contributed by atoms with Gasteiger partial charge in [0.15, 0.2) is 5.76 Å². The van der Waals surface area contributed by atoms with Crippen LogP contribution in [0.4, 0.5) is 4.39 Å². The Balaban J connectivity index is 1.59. The SMILES string of the molecule is NCCCOC1CCN(C(=O)c2ccc(-c3ccccc3F)o2)CC1. The van der Waals surface area contributed by atoms with E-state index in [0.29, 0.717) is 37.6 Å². The van der Waals surface area contributed by atoms with Gasteiger partial charge < -0.3 is 19.8 Å². The lowest BCUT2D eigenvalue weighted by Crippen LogP contribution is -2.40. The summed E-state index contributed by atoms with van der Waals surface area (Å²) in [6.07, 6.45) is 2.64. The van der Waals surface area contributed by atoms with Crippen LogP contribution in [-0.4, -0.2) is 43.2 Å². The van der Waals surface area contributed by atoms with E-state index in [1.54, 1.807) is 35.2 Å². The largest absolute Gasteiger partial charge is 0.451 e. The zero-order valence-electron chi connectivity index (χ0n) is 14.1. The van der Waals surface area contributed by atoms with Gasteiger partial charge in [-0.2, -0.15) is 0 Å². The van der Waals surface area contributed by atoms with Crippen molar-refractivity contribution >= 4 is 5.91 Å². The summed E-state index contributed by atoms with van der Waals surface area (Å²) in [6, 6.07) is 9.59. The van der Waals surface area contributed by atoms with Crippen molar-refractivity contribution in [2.24, 2.45) is 5.73 Å². The summed E-state index contributed by atoms with van der Waals surface area (Å²) in [4.78, 5) is 14.3. The molecule has 1 amide bonds. The van der Waals surface area contributed by atoms with E-state index in [4.69, 9.17) is 14.9 Å². The van der Waals surface area contributed by atoms with E-state index >= 15 is 0 Å². The molecule has 1 aromatic carbocycles. The normalized spacial score (nSPS) is 15.5. The standard InChI is InChI=1S/C19H23FN2O3/c20-16-5-2-1-4-15(16)17-6-7-18(25-17)19(23)22-11-8-14(9-12-22)24-13-3-10-21/h1-2,4-7,14H,3,8-13,21H2. The smallest absolute Gasteiger partial charge is 0.289 e. The fourth-order valence-electron chi connectivity index (χ4n) is 2.97. The van der Waals surface area contributed by atoms with Gasteiger partial charge in [-0.05, 0) is 50.1 Å². The van der Waals surface area contributed by atoms with Gasteiger partial charge in [-0.3, -0.25) is 4.79 Å². The lowest BCUT2D eigenvalue weighted by molar-refractivity contribution is 0.00766. The number of likely N-dealkylation sites (tertiary alicyclic amines) is 1. The molecule has 5 nitrogen and oxygen atoms in total. The Labute approximate surface area is 146 Å².